The Bertz CT molecular complexity index is 88.7. The lowest BCUT2D eigenvalue weighted by atomic mass is 10.3. The SMILES string of the molecule is CO/C=C1\CCOC1. The summed E-state index contributed by atoms with van der Waals surface area (Å²) in [5.41, 5.74) is 1.26. The molecule has 0 saturated carbocycles. The second-order valence-electron chi connectivity index (χ2n) is 1.81. The number of hydrogen-bond donors (Lipinski definition) is 0. The molecule has 0 spiro atoms. The average Bonchev–Trinajstić information content (AvgIpc) is 2.19. The second kappa shape index (κ2) is 2.72. The minimum atomic E-state index is 0.758. The molecule has 0 unspecified atom stereocenters. The van der Waals surface area contributed by atoms with Gasteiger partial charge >= 0.3 is 0 Å². The Balaban J connectivity index is 2.33. The van der Waals surface area contributed by atoms with E-state index >= 15 is 0 Å². The standard InChI is InChI=1S/C6H10O2/c1-7-4-6-2-3-8-5-6/h4H,2-3,5H2,1H3/b6-4+. The van der Waals surface area contributed by atoms with Gasteiger partial charge in [-0.25, -0.2) is 0 Å². The van der Waals surface area contributed by atoms with Crippen LogP contribution in [0.3, 0.4) is 0 Å². The number of hydrogen-bond acceptors (Lipinski definition) is 2. The van der Waals surface area contributed by atoms with Crippen LogP contribution in [0.1, 0.15) is 6.42 Å². The molecule has 0 amide bonds. The third-order valence-electron chi connectivity index (χ3n) is 1.14. The molecule has 1 aliphatic heterocycles. The van der Waals surface area contributed by atoms with Crippen LogP contribution >= 0.6 is 0 Å². The molecular weight excluding hydrogens is 104 g/mol. The van der Waals surface area contributed by atoms with Crippen LogP contribution in [0.25, 0.3) is 0 Å². The molecule has 0 aromatic heterocycles. The van der Waals surface area contributed by atoms with Gasteiger partial charge in [-0.1, -0.05) is 0 Å². The van der Waals surface area contributed by atoms with Gasteiger partial charge in [0.15, 0.2) is 0 Å². The van der Waals surface area contributed by atoms with Crippen molar-refractivity contribution in [2.24, 2.45) is 0 Å². The molecule has 0 aromatic carbocycles. The zero-order valence-corrected chi connectivity index (χ0v) is 5.02. The van der Waals surface area contributed by atoms with Gasteiger partial charge in [-0.2, -0.15) is 0 Å². The molecule has 1 saturated heterocycles. The maximum Gasteiger partial charge on any atom is 0.0840 e. The van der Waals surface area contributed by atoms with Crippen molar-refractivity contribution in [3.8, 4) is 0 Å². The molecule has 1 heterocycles. The molecule has 0 bridgehead atoms. The Morgan fingerprint density at radius 3 is 3.12 bits per heavy atom. The number of methoxy groups -OCH3 is 1. The second-order valence-corrected chi connectivity index (χ2v) is 1.81. The third-order valence-corrected chi connectivity index (χ3v) is 1.14. The molecule has 0 radical (unpaired) electrons. The van der Waals surface area contributed by atoms with E-state index in [1.165, 1.54) is 5.57 Å². The third kappa shape index (κ3) is 1.23. The fourth-order valence-electron chi connectivity index (χ4n) is 0.738. The summed E-state index contributed by atoms with van der Waals surface area (Å²) in [6.45, 7) is 1.61. The normalized spacial score (nSPS) is 24.4. The van der Waals surface area contributed by atoms with E-state index in [0.29, 0.717) is 0 Å². The maximum absolute atomic E-state index is 5.06. The van der Waals surface area contributed by atoms with Crippen LogP contribution in [-0.2, 0) is 9.47 Å². The van der Waals surface area contributed by atoms with Gasteiger partial charge in [0.25, 0.3) is 0 Å². The molecule has 46 valence electrons. The highest BCUT2D eigenvalue weighted by atomic mass is 16.5. The fourth-order valence-corrected chi connectivity index (χ4v) is 0.738. The van der Waals surface area contributed by atoms with Gasteiger partial charge in [-0.05, 0) is 12.0 Å². The summed E-state index contributed by atoms with van der Waals surface area (Å²) in [7, 11) is 1.66. The van der Waals surface area contributed by atoms with Crippen LogP contribution < -0.4 is 0 Å². The highest BCUT2D eigenvalue weighted by Crippen LogP contribution is 2.09. The van der Waals surface area contributed by atoms with Crippen molar-refractivity contribution >= 4 is 0 Å². The van der Waals surface area contributed by atoms with Crippen molar-refractivity contribution in [2.45, 2.75) is 6.42 Å². The Labute approximate surface area is 49.1 Å². The van der Waals surface area contributed by atoms with Crippen molar-refractivity contribution in [3.05, 3.63) is 11.8 Å². The molecule has 0 aromatic rings. The van der Waals surface area contributed by atoms with E-state index in [1.807, 2.05) is 0 Å². The summed E-state index contributed by atoms with van der Waals surface area (Å²) in [4.78, 5) is 0. The van der Waals surface area contributed by atoms with Crippen LogP contribution in [0.2, 0.25) is 0 Å². The predicted molar refractivity (Wildman–Crippen MR) is 30.5 cm³/mol. The molecular formula is C6H10O2. The van der Waals surface area contributed by atoms with Crippen LogP contribution in [-0.4, -0.2) is 20.3 Å². The predicted octanol–water partition coefficient (Wildman–Crippen LogP) is 0.937. The first-order valence-electron chi connectivity index (χ1n) is 2.72. The van der Waals surface area contributed by atoms with Crippen molar-refractivity contribution in [3.63, 3.8) is 0 Å². The molecule has 2 nitrogen and oxygen atoms in total. The van der Waals surface area contributed by atoms with E-state index in [1.54, 1.807) is 13.4 Å². The summed E-state index contributed by atoms with van der Waals surface area (Å²) in [6.07, 6.45) is 2.79. The zero-order valence-electron chi connectivity index (χ0n) is 5.02. The monoisotopic (exact) mass is 114 g/mol. The van der Waals surface area contributed by atoms with Crippen molar-refractivity contribution in [1.82, 2.24) is 0 Å². The van der Waals surface area contributed by atoms with E-state index in [2.05, 4.69) is 0 Å². The Kier molecular flexibility index (Phi) is 1.92. The first-order chi connectivity index (χ1) is 3.93. The summed E-state index contributed by atoms with van der Waals surface area (Å²) < 4.78 is 9.85. The Morgan fingerprint density at radius 2 is 2.62 bits per heavy atom. The van der Waals surface area contributed by atoms with E-state index < -0.39 is 0 Å². The quantitative estimate of drug-likeness (QED) is 0.472. The van der Waals surface area contributed by atoms with Gasteiger partial charge in [0.2, 0.25) is 0 Å². The number of rotatable bonds is 1. The van der Waals surface area contributed by atoms with Gasteiger partial charge in [0.05, 0.1) is 26.6 Å². The Morgan fingerprint density at radius 1 is 1.75 bits per heavy atom. The zero-order chi connectivity index (χ0) is 5.82. The van der Waals surface area contributed by atoms with Gasteiger partial charge in [0, 0.05) is 0 Å². The minimum absolute atomic E-state index is 0.758. The van der Waals surface area contributed by atoms with Crippen LogP contribution in [0, 0.1) is 0 Å². The topological polar surface area (TPSA) is 18.5 Å². The van der Waals surface area contributed by atoms with Crippen LogP contribution in [0.5, 0.6) is 0 Å². The highest BCUT2D eigenvalue weighted by Gasteiger charge is 2.05. The first kappa shape index (κ1) is 5.63. The smallest absolute Gasteiger partial charge is 0.0840 e. The lowest BCUT2D eigenvalue weighted by Crippen LogP contribution is -1.81. The molecule has 1 aliphatic rings. The summed E-state index contributed by atoms with van der Waals surface area (Å²) in [5, 5.41) is 0. The summed E-state index contributed by atoms with van der Waals surface area (Å²) in [6, 6.07) is 0. The largest absolute Gasteiger partial charge is 0.504 e. The summed E-state index contributed by atoms with van der Waals surface area (Å²) in [5.74, 6) is 0. The highest BCUT2D eigenvalue weighted by molar-refractivity contribution is 5.01. The van der Waals surface area contributed by atoms with E-state index in [9.17, 15) is 0 Å². The van der Waals surface area contributed by atoms with E-state index in [0.717, 1.165) is 19.6 Å². The summed E-state index contributed by atoms with van der Waals surface area (Å²) >= 11 is 0. The van der Waals surface area contributed by atoms with Crippen molar-refractivity contribution in [2.75, 3.05) is 20.3 Å². The van der Waals surface area contributed by atoms with Crippen molar-refractivity contribution < 1.29 is 9.47 Å². The molecule has 8 heavy (non-hydrogen) atoms. The van der Waals surface area contributed by atoms with Crippen molar-refractivity contribution in [1.29, 1.82) is 0 Å². The van der Waals surface area contributed by atoms with E-state index in [4.69, 9.17) is 9.47 Å². The molecule has 0 aliphatic carbocycles. The van der Waals surface area contributed by atoms with Gasteiger partial charge in [0.1, 0.15) is 0 Å². The van der Waals surface area contributed by atoms with Gasteiger partial charge < -0.3 is 9.47 Å². The molecule has 1 rings (SSSR count). The lowest BCUT2D eigenvalue weighted by Gasteiger charge is -1.89. The molecule has 1 fully saturated rings. The van der Waals surface area contributed by atoms with Crippen LogP contribution in [0.15, 0.2) is 11.8 Å². The van der Waals surface area contributed by atoms with E-state index in [-0.39, 0.29) is 0 Å². The molecule has 0 N–H and O–H groups in total. The fraction of sp³-hybridized carbons (Fsp3) is 0.667. The minimum Gasteiger partial charge on any atom is -0.504 e. The average molecular weight is 114 g/mol. The Hall–Kier alpha value is -0.500. The van der Waals surface area contributed by atoms with Gasteiger partial charge in [-0.3, -0.25) is 0 Å². The number of ether oxygens (including phenoxy) is 2. The van der Waals surface area contributed by atoms with Crippen LogP contribution in [0.4, 0.5) is 0 Å². The van der Waals surface area contributed by atoms with Gasteiger partial charge in [-0.15, -0.1) is 0 Å². The lowest BCUT2D eigenvalue weighted by molar-refractivity contribution is 0.203. The molecule has 2 heteroatoms. The first-order valence-corrected chi connectivity index (χ1v) is 2.72. The maximum atomic E-state index is 5.06. The molecule has 0 atom stereocenters.